The molecule has 2 aromatic rings. The van der Waals surface area contributed by atoms with Gasteiger partial charge in [0.2, 0.25) is 0 Å². The molecule has 0 saturated carbocycles. The third-order valence-corrected chi connectivity index (χ3v) is 3.33. The molecule has 0 bridgehead atoms. The summed E-state index contributed by atoms with van der Waals surface area (Å²) in [7, 11) is 0. The molecule has 0 fully saturated rings. The van der Waals surface area contributed by atoms with E-state index in [1.165, 1.54) is 0 Å². The van der Waals surface area contributed by atoms with Gasteiger partial charge in [-0.05, 0) is 17.5 Å². The number of nitriles is 1. The number of aliphatic hydroxyl groups is 1. The van der Waals surface area contributed by atoms with Crippen molar-refractivity contribution < 1.29 is 14.6 Å². The van der Waals surface area contributed by atoms with Crippen molar-refractivity contribution in [1.82, 2.24) is 5.32 Å². The van der Waals surface area contributed by atoms with Crippen molar-refractivity contribution in [2.75, 3.05) is 0 Å². The van der Waals surface area contributed by atoms with Gasteiger partial charge in [-0.25, -0.2) is 4.79 Å². The summed E-state index contributed by atoms with van der Waals surface area (Å²) >= 11 is 0. The highest BCUT2D eigenvalue weighted by Crippen LogP contribution is 2.07. The number of carbonyl (C=O) groups is 1. The summed E-state index contributed by atoms with van der Waals surface area (Å²) in [6.45, 7) is 0.132. The van der Waals surface area contributed by atoms with Crippen LogP contribution >= 0.6 is 0 Å². The summed E-state index contributed by atoms with van der Waals surface area (Å²) in [6, 6.07) is 19.6. The quantitative estimate of drug-likeness (QED) is 0.803. The molecular formula is C18H18N2O3. The van der Waals surface area contributed by atoms with Crippen LogP contribution < -0.4 is 5.32 Å². The minimum Gasteiger partial charge on any atom is -0.445 e. The van der Waals surface area contributed by atoms with E-state index in [1.807, 2.05) is 60.7 Å². The van der Waals surface area contributed by atoms with Crippen LogP contribution in [0.25, 0.3) is 0 Å². The molecule has 2 N–H and O–H groups in total. The second-order valence-electron chi connectivity index (χ2n) is 5.08. The third-order valence-electron chi connectivity index (χ3n) is 3.33. The molecular weight excluding hydrogens is 292 g/mol. The Labute approximate surface area is 135 Å². The molecule has 1 unspecified atom stereocenters. The third kappa shape index (κ3) is 5.46. The van der Waals surface area contributed by atoms with Crippen molar-refractivity contribution >= 4 is 6.09 Å². The van der Waals surface area contributed by atoms with Crippen LogP contribution in [0, 0.1) is 11.3 Å². The molecule has 5 nitrogen and oxygen atoms in total. The SMILES string of the molecule is N#CC(O)[C@@H](Cc1ccccc1)NC(=O)OCc1ccccc1. The minimum absolute atomic E-state index is 0.132. The highest BCUT2D eigenvalue weighted by Gasteiger charge is 2.22. The molecule has 2 atom stereocenters. The Kier molecular flexibility index (Phi) is 6.16. The van der Waals surface area contributed by atoms with Gasteiger partial charge in [0, 0.05) is 0 Å². The smallest absolute Gasteiger partial charge is 0.407 e. The fourth-order valence-corrected chi connectivity index (χ4v) is 2.12. The molecule has 118 valence electrons. The summed E-state index contributed by atoms with van der Waals surface area (Å²) in [5, 5.41) is 21.2. The molecule has 0 aliphatic heterocycles. The summed E-state index contributed by atoms with van der Waals surface area (Å²) in [6.07, 6.45) is -1.63. The van der Waals surface area contributed by atoms with Crippen LogP contribution in [0.5, 0.6) is 0 Å². The number of carbonyl (C=O) groups excluding carboxylic acids is 1. The number of hydrogen-bond acceptors (Lipinski definition) is 4. The monoisotopic (exact) mass is 310 g/mol. The molecule has 0 radical (unpaired) electrons. The van der Waals surface area contributed by atoms with Crippen molar-refractivity contribution in [3.05, 3.63) is 71.8 Å². The number of rotatable bonds is 6. The van der Waals surface area contributed by atoms with E-state index in [0.29, 0.717) is 6.42 Å². The van der Waals surface area contributed by atoms with Crippen LogP contribution in [-0.4, -0.2) is 23.3 Å². The van der Waals surface area contributed by atoms with Crippen LogP contribution in [0.1, 0.15) is 11.1 Å². The summed E-state index contributed by atoms with van der Waals surface area (Å²) in [4.78, 5) is 11.9. The number of benzene rings is 2. The average molecular weight is 310 g/mol. The first-order chi connectivity index (χ1) is 11.2. The van der Waals surface area contributed by atoms with Crippen LogP contribution in [0.4, 0.5) is 4.79 Å². The number of nitrogens with zero attached hydrogens (tertiary/aromatic N) is 1. The molecule has 0 aliphatic rings. The average Bonchev–Trinajstić information content (AvgIpc) is 2.60. The molecule has 2 aromatic carbocycles. The molecule has 2 rings (SSSR count). The van der Waals surface area contributed by atoms with Crippen molar-refractivity contribution in [3.8, 4) is 6.07 Å². The Bertz CT molecular complexity index is 653. The number of nitrogens with one attached hydrogen (secondary N) is 1. The van der Waals surface area contributed by atoms with E-state index in [1.54, 1.807) is 6.07 Å². The zero-order valence-corrected chi connectivity index (χ0v) is 12.6. The van der Waals surface area contributed by atoms with Gasteiger partial charge in [0.1, 0.15) is 6.61 Å². The Morgan fingerprint density at radius 3 is 2.22 bits per heavy atom. The Morgan fingerprint density at radius 2 is 1.65 bits per heavy atom. The summed E-state index contributed by atoms with van der Waals surface area (Å²) in [5.74, 6) is 0. The minimum atomic E-state index is -1.31. The van der Waals surface area contributed by atoms with E-state index in [9.17, 15) is 9.90 Å². The lowest BCUT2D eigenvalue weighted by Gasteiger charge is -2.19. The Balaban J connectivity index is 1.92. The first kappa shape index (κ1) is 16.5. The highest BCUT2D eigenvalue weighted by molar-refractivity contribution is 5.67. The van der Waals surface area contributed by atoms with Crippen molar-refractivity contribution in [2.24, 2.45) is 0 Å². The topological polar surface area (TPSA) is 82.4 Å². The predicted molar refractivity (Wildman–Crippen MR) is 85.3 cm³/mol. The molecule has 1 amide bonds. The van der Waals surface area contributed by atoms with Gasteiger partial charge < -0.3 is 15.2 Å². The lowest BCUT2D eigenvalue weighted by molar-refractivity contribution is 0.119. The van der Waals surface area contributed by atoms with Gasteiger partial charge >= 0.3 is 6.09 Å². The second kappa shape index (κ2) is 8.57. The van der Waals surface area contributed by atoms with Gasteiger partial charge in [-0.1, -0.05) is 60.7 Å². The van der Waals surface area contributed by atoms with Crippen molar-refractivity contribution in [3.63, 3.8) is 0 Å². The van der Waals surface area contributed by atoms with Gasteiger partial charge in [0.25, 0.3) is 0 Å². The maximum Gasteiger partial charge on any atom is 0.407 e. The van der Waals surface area contributed by atoms with Crippen LogP contribution in [0.15, 0.2) is 60.7 Å². The number of aliphatic hydroxyl groups excluding tert-OH is 1. The molecule has 5 heteroatoms. The molecule has 0 saturated heterocycles. The highest BCUT2D eigenvalue weighted by atomic mass is 16.5. The molecule has 0 aliphatic carbocycles. The van der Waals surface area contributed by atoms with Crippen molar-refractivity contribution in [1.29, 1.82) is 5.26 Å². The number of ether oxygens (including phenoxy) is 1. The van der Waals surface area contributed by atoms with Gasteiger partial charge in [0.15, 0.2) is 6.10 Å². The van der Waals surface area contributed by atoms with Gasteiger partial charge in [-0.15, -0.1) is 0 Å². The van der Waals surface area contributed by atoms with Gasteiger partial charge in [-0.2, -0.15) is 5.26 Å². The van der Waals surface area contributed by atoms with E-state index >= 15 is 0 Å². The lowest BCUT2D eigenvalue weighted by atomic mass is 10.0. The van der Waals surface area contributed by atoms with E-state index in [-0.39, 0.29) is 6.61 Å². The zero-order valence-electron chi connectivity index (χ0n) is 12.6. The number of hydrogen-bond donors (Lipinski definition) is 2. The number of alkyl carbamates (subject to hydrolysis) is 1. The second-order valence-corrected chi connectivity index (χ2v) is 5.08. The molecule has 0 aromatic heterocycles. The van der Waals surface area contributed by atoms with E-state index in [2.05, 4.69) is 5.32 Å². The zero-order chi connectivity index (χ0) is 16.5. The van der Waals surface area contributed by atoms with Gasteiger partial charge in [-0.3, -0.25) is 0 Å². The summed E-state index contributed by atoms with van der Waals surface area (Å²) < 4.78 is 5.12. The van der Waals surface area contributed by atoms with E-state index in [0.717, 1.165) is 11.1 Å². The number of amides is 1. The van der Waals surface area contributed by atoms with Crippen LogP contribution in [0.3, 0.4) is 0 Å². The maximum absolute atomic E-state index is 11.9. The molecule has 0 spiro atoms. The standard InChI is InChI=1S/C18H18N2O3/c19-12-17(21)16(11-14-7-3-1-4-8-14)20-18(22)23-13-15-9-5-2-6-10-15/h1-10,16-17,21H,11,13H2,(H,20,22)/t16-,17?/m1/s1. The predicted octanol–water partition coefficient (Wildman–Crippen LogP) is 2.41. The van der Waals surface area contributed by atoms with Crippen molar-refractivity contribution in [2.45, 2.75) is 25.2 Å². The summed E-state index contributed by atoms with van der Waals surface area (Å²) in [5.41, 5.74) is 1.78. The van der Waals surface area contributed by atoms with Crippen LogP contribution in [-0.2, 0) is 17.8 Å². The molecule has 0 heterocycles. The largest absolute Gasteiger partial charge is 0.445 e. The van der Waals surface area contributed by atoms with Crippen LogP contribution in [0.2, 0.25) is 0 Å². The first-order valence-corrected chi connectivity index (χ1v) is 7.28. The lowest BCUT2D eigenvalue weighted by Crippen LogP contribution is -2.44. The van der Waals surface area contributed by atoms with E-state index < -0.39 is 18.2 Å². The fraction of sp³-hybridized carbons (Fsp3) is 0.222. The Hall–Kier alpha value is -2.84. The maximum atomic E-state index is 11.9. The first-order valence-electron chi connectivity index (χ1n) is 7.28. The van der Waals surface area contributed by atoms with E-state index in [4.69, 9.17) is 10.00 Å². The fourth-order valence-electron chi connectivity index (χ4n) is 2.12. The normalized spacial score (nSPS) is 12.7. The molecule has 23 heavy (non-hydrogen) atoms. The van der Waals surface area contributed by atoms with Gasteiger partial charge in [0.05, 0.1) is 12.1 Å². The Morgan fingerprint density at radius 1 is 1.09 bits per heavy atom.